The van der Waals surface area contributed by atoms with E-state index in [1.165, 1.54) is 32.6 Å². The lowest BCUT2D eigenvalue weighted by Gasteiger charge is -2.28. The Morgan fingerprint density at radius 1 is 0.151 bits per heavy atom. The molecule has 7 heteroatoms. The molecule has 0 aliphatic carbocycles. The number of rotatable bonds is 12. The van der Waals surface area contributed by atoms with Crippen LogP contribution in [-0.2, 0) is 0 Å². The summed E-state index contributed by atoms with van der Waals surface area (Å²) in [5, 5.41) is 9.13. The molecule has 106 heavy (non-hydrogen) atoms. The van der Waals surface area contributed by atoms with Crippen molar-refractivity contribution in [2.45, 2.75) is 0 Å². The number of nitrogens with zero attached hydrogens (tertiary/aromatic N) is 7. The minimum absolute atomic E-state index is 0.479. The summed E-state index contributed by atoms with van der Waals surface area (Å²) in [5.74, 6) is 1.47. The van der Waals surface area contributed by atoms with E-state index in [4.69, 9.17) is 15.0 Å². The molecule has 5 aromatic heterocycles. The van der Waals surface area contributed by atoms with Crippen LogP contribution in [0, 0.1) is 0 Å². The van der Waals surface area contributed by atoms with Crippen molar-refractivity contribution in [3.63, 3.8) is 0 Å². The molecule has 0 saturated carbocycles. The van der Waals surface area contributed by atoms with Gasteiger partial charge in [0.05, 0.1) is 44.1 Å². The van der Waals surface area contributed by atoms with Crippen LogP contribution < -0.4 is 0 Å². The molecule has 0 amide bonds. The Bertz CT molecular complexity index is 6620. The highest BCUT2D eigenvalue weighted by Gasteiger charge is 2.32. The number of hydrogen-bond donors (Lipinski definition) is 0. The molecule has 0 fully saturated rings. The molecule has 16 aromatic carbocycles. The molecule has 0 saturated heterocycles. The van der Waals surface area contributed by atoms with Crippen molar-refractivity contribution < 1.29 is 0 Å². The molecule has 0 aliphatic rings. The Hall–Kier alpha value is -14.3. The van der Waals surface area contributed by atoms with Crippen molar-refractivity contribution in [1.82, 2.24) is 33.2 Å². The summed E-state index contributed by atoms with van der Waals surface area (Å²) in [4.78, 5) is 18.1. The van der Waals surface area contributed by atoms with Crippen LogP contribution in [0.3, 0.4) is 0 Å². The van der Waals surface area contributed by atoms with Crippen LogP contribution >= 0.6 is 0 Å². The van der Waals surface area contributed by atoms with Crippen LogP contribution in [0.2, 0.25) is 0 Å². The van der Waals surface area contributed by atoms with E-state index in [0.29, 0.717) is 17.7 Å². The van der Waals surface area contributed by atoms with E-state index in [9.17, 15) is 0 Å². The van der Waals surface area contributed by atoms with E-state index < -0.39 is 0 Å². The zero-order valence-corrected chi connectivity index (χ0v) is 57.5. The van der Waals surface area contributed by atoms with E-state index in [2.05, 4.69) is 400 Å². The van der Waals surface area contributed by atoms with Gasteiger partial charge in [0, 0.05) is 71.2 Å². The molecule has 0 unspecified atom stereocenters. The molecule has 0 atom stereocenters. The molecule has 21 aromatic rings. The molecule has 0 spiro atoms. The van der Waals surface area contributed by atoms with Gasteiger partial charge >= 0.3 is 0 Å². The second-order valence-electron chi connectivity index (χ2n) is 27.3. The molecule has 0 bridgehead atoms. The van der Waals surface area contributed by atoms with Crippen molar-refractivity contribution in [2.75, 3.05) is 0 Å². The first-order chi connectivity index (χ1) is 52.6. The first-order valence-corrected chi connectivity index (χ1v) is 36.2. The Labute approximate surface area is 611 Å². The zero-order valence-electron chi connectivity index (χ0n) is 57.5. The summed E-state index contributed by atoms with van der Waals surface area (Å²) in [6.07, 6.45) is 0. The van der Waals surface area contributed by atoms with Gasteiger partial charge in [0.2, 0.25) is 11.9 Å². The highest BCUT2D eigenvalue weighted by Crippen LogP contribution is 2.56. The summed E-state index contributed by atoms with van der Waals surface area (Å²) in [5.41, 5.74) is 26.6. The van der Waals surface area contributed by atoms with Crippen LogP contribution in [0.5, 0.6) is 0 Å². The lowest BCUT2D eigenvalue weighted by atomic mass is 9.75. The topological polar surface area (TPSA) is 58.4 Å². The largest absolute Gasteiger partial charge is 0.309 e. The van der Waals surface area contributed by atoms with Crippen molar-refractivity contribution in [3.05, 3.63) is 382 Å². The van der Waals surface area contributed by atoms with Gasteiger partial charge in [-0.15, -0.1) is 0 Å². The monoisotopic (exact) mass is 1350 g/mol. The second kappa shape index (κ2) is 24.8. The minimum atomic E-state index is 0.479. The van der Waals surface area contributed by atoms with Gasteiger partial charge < -0.3 is 9.13 Å². The predicted octanol–water partition coefficient (Wildman–Crippen LogP) is 25.6. The molecule has 5 heterocycles. The first kappa shape index (κ1) is 60.5. The number of benzene rings is 16. The van der Waals surface area contributed by atoms with Gasteiger partial charge in [0.25, 0.3) is 0 Å². The number of hydrogen-bond acceptors (Lipinski definition) is 3. The van der Waals surface area contributed by atoms with E-state index in [1.54, 1.807) is 0 Å². The quantitative estimate of drug-likeness (QED) is 0.122. The van der Waals surface area contributed by atoms with Crippen LogP contribution in [0.25, 0.3) is 200 Å². The highest BCUT2D eigenvalue weighted by atomic mass is 15.3. The van der Waals surface area contributed by atoms with Crippen LogP contribution in [0.4, 0.5) is 0 Å². The molecule has 0 N–H and O–H groups in total. The summed E-state index contributed by atoms with van der Waals surface area (Å²) in [6.45, 7) is 0. The summed E-state index contributed by atoms with van der Waals surface area (Å²) >= 11 is 0. The molecular formula is C99H63N7. The maximum Gasteiger partial charge on any atom is 0.240 e. The van der Waals surface area contributed by atoms with Crippen LogP contribution in [0.1, 0.15) is 0 Å². The van der Waals surface area contributed by atoms with Gasteiger partial charge in [-0.25, -0.2) is 0 Å². The minimum Gasteiger partial charge on any atom is -0.309 e. The lowest BCUT2D eigenvalue weighted by molar-refractivity contribution is 0.893. The SMILES string of the molecule is c1ccc(-c2c(-c3ccccc3)c(-c3ccccc3)c(-c3nc(-n4c5ccccc5c5cc(-c6ccc7c(c6)c6ccccc6n7-c6ccccc6)ccc54)nc(-n4c5ccccc5c5cc(-c6ccc7c(c6)c6ccccc6n7-c6ccccc6)ccc54)n3)c(-c3ccccc3)c2-c2ccccc2)cc1. The van der Waals surface area contributed by atoms with Crippen LogP contribution in [0.15, 0.2) is 382 Å². The molecule has 494 valence electrons. The van der Waals surface area contributed by atoms with Gasteiger partial charge in [-0.1, -0.05) is 285 Å². The first-order valence-electron chi connectivity index (χ1n) is 36.2. The average molecular weight is 1350 g/mol. The fourth-order valence-corrected chi connectivity index (χ4v) is 16.9. The number of fused-ring (bicyclic) bond motifs is 12. The van der Waals surface area contributed by atoms with Crippen molar-refractivity contribution >= 4 is 87.2 Å². The summed E-state index contributed by atoms with van der Waals surface area (Å²) < 4.78 is 9.30. The fraction of sp³-hybridized carbons (Fsp3) is 0. The third-order valence-electron chi connectivity index (χ3n) is 21.4. The smallest absolute Gasteiger partial charge is 0.240 e. The molecule has 7 nitrogen and oxygen atoms in total. The molecule has 0 radical (unpaired) electrons. The highest BCUT2D eigenvalue weighted by molar-refractivity contribution is 6.17. The maximum atomic E-state index is 6.08. The van der Waals surface area contributed by atoms with E-state index in [-0.39, 0.29) is 0 Å². The molecule has 21 rings (SSSR count). The third-order valence-corrected chi connectivity index (χ3v) is 21.4. The Kier molecular flexibility index (Phi) is 14.1. The van der Waals surface area contributed by atoms with Gasteiger partial charge in [-0.2, -0.15) is 15.0 Å². The second-order valence-corrected chi connectivity index (χ2v) is 27.3. The average Bonchev–Trinajstić information content (AvgIpc) is 0.760. The van der Waals surface area contributed by atoms with E-state index in [0.717, 1.165) is 149 Å². The van der Waals surface area contributed by atoms with Crippen molar-refractivity contribution in [1.29, 1.82) is 0 Å². The molecular weight excluding hydrogens is 1290 g/mol. The number of aromatic nitrogens is 7. The maximum absolute atomic E-state index is 6.08. The van der Waals surface area contributed by atoms with Gasteiger partial charge in [0.1, 0.15) is 0 Å². The Morgan fingerprint density at radius 2 is 0.368 bits per heavy atom. The third kappa shape index (κ3) is 9.71. The molecule has 0 aliphatic heterocycles. The van der Waals surface area contributed by atoms with Crippen LogP contribution in [-0.4, -0.2) is 33.2 Å². The predicted molar refractivity (Wildman–Crippen MR) is 441 cm³/mol. The van der Waals surface area contributed by atoms with Gasteiger partial charge in [-0.05, 0) is 164 Å². The Morgan fingerprint density at radius 3 is 0.651 bits per heavy atom. The zero-order chi connectivity index (χ0) is 69.8. The van der Waals surface area contributed by atoms with Gasteiger partial charge in [-0.3, -0.25) is 9.13 Å². The standard InChI is InChI=1S/C99H63N7/c1-8-30-64(31-9-1)91-92(65-32-10-2-11-33-65)94(67-36-14-4-15-37-67)96(95(68-38-16-5-17-39-68)93(91)66-34-12-3-13-35-66)97-100-98(105-85-50-28-24-46-77(85)81-62-71(54-58-89(81)105)69-52-56-87-79(60-69)75-44-22-26-48-83(75)103(87)73-40-18-6-19-41-73)102-99(101-97)106-86-51-29-25-47-78(86)82-63-72(55-59-90(82)106)70-53-57-88-80(61-70)76-45-23-27-49-84(76)104(88)74-42-20-7-21-43-74/h1-63H. The van der Waals surface area contributed by atoms with Crippen molar-refractivity contribution in [2.24, 2.45) is 0 Å². The summed E-state index contributed by atoms with van der Waals surface area (Å²) in [6, 6.07) is 138. The normalized spacial score (nSPS) is 11.8. The fourth-order valence-electron chi connectivity index (χ4n) is 16.9. The van der Waals surface area contributed by atoms with E-state index >= 15 is 0 Å². The summed E-state index contributed by atoms with van der Waals surface area (Å²) in [7, 11) is 0. The van der Waals surface area contributed by atoms with Crippen molar-refractivity contribution in [3.8, 4) is 113 Å². The lowest BCUT2D eigenvalue weighted by Crippen LogP contribution is -2.12. The van der Waals surface area contributed by atoms with Gasteiger partial charge in [0.15, 0.2) is 5.82 Å². The van der Waals surface area contributed by atoms with E-state index in [1.807, 2.05) is 0 Å². The number of para-hydroxylation sites is 6. The Balaban J connectivity index is 0.858.